The van der Waals surface area contributed by atoms with Crippen molar-refractivity contribution in [2.45, 2.75) is 20.0 Å². The fourth-order valence-corrected chi connectivity index (χ4v) is 1.82. The van der Waals surface area contributed by atoms with Crippen LogP contribution in [0, 0.1) is 5.82 Å². The lowest BCUT2D eigenvalue weighted by Crippen LogP contribution is -2.04. The van der Waals surface area contributed by atoms with Gasteiger partial charge in [-0.3, -0.25) is 0 Å². The Labute approximate surface area is 99.8 Å². The van der Waals surface area contributed by atoms with Crippen molar-refractivity contribution in [3.05, 3.63) is 29.6 Å². The van der Waals surface area contributed by atoms with Crippen molar-refractivity contribution >= 4 is 11.8 Å². The van der Waals surface area contributed by atoms with Crippen molar-refractivity contribution in [1.82, 2.24) is 0 Å². The molecule has 0 saturated heterocycles. The Bertz CT molecular complexity index is 329. The summed E-state index contributed by atoms with van der Waals surface area (Å²) in [6.07, 6.45) is -0.644. The van der Waals surface area contributed by atoms with Crippen LogP contribution in [0.4, 0.5) is 4.39 Å². The molecule has 0 aliphatic rings. The van der Waals surface area contributed by atoms with Crippen molar-refractivity contribution < 1.29 is 14.2 Å². The monoisotopic (exact) mass is 244 g/mol. The Morgan fingerprint density at radius 2 is 2.25 bits per heavy atom. The highest BCUT2D eigenvalue weighted by molar-refractivity contribution is 7.99. The summed E-state index contributed by atoms with van der Waals surface area (Å²) in [6, 6.07) is 4.21. The van der Waals surface area contributed by atoms with Gasteiger partial charge in [-0.1, -0.05) is 6.92 Å². The van der Waals surface area contributed by atoms with Gasteiger partial charge in [0.2, 0.25) is 0 Å². The molecule has 0 spiro atoms. The minimum Gasteiger partial charge on any atom is -0.492 e. The number of hydrogen-bond donors (Lipinski definition) is 1. The third-order valence-electron chi connectivity index (χ3n) is 2.12. The van der Waals surface area contributed by atoms with Gasteiger partial charge in [0.15, 0.2) is 0 Å². The maximum atomic E-state index is 13.0. The van der Waals surface area contributed by atoms with E-state index < -0.39 is 6.10 Å². The van der Waals surface area contributed by atoms with Crippen molar-refractivity contribution in [3.63, 3.8) is 0 Å². The second-order valence-corrected chi connectivity index (χ2v) is 4.80. The fourth-order valence-electron chi connectivity index (χ4n) is 1.33. The molecular formula is C12H17FO2S. The largest absolute Gasteiger partial charge is 0.492 e. The molecule has 1 rings (SSSR count). The van der Waals surface area contributed by atoms with Crippen LogP contribution in [-0.2, 0) is 0 Å². The third-order valence-corrected chi connectivity index (χ3v) is 2.98. The molecule has 16 heavy (non-hydrogen) atoms. The number of aliphatic hydroxyl groups excluding tert-OH is 1. The maximum Gasteiger partial charge on any atom is 0.128 e. The predicted molar refractivity (Wildman–Crippen MR) is 65.5 cm³/mol. The quantitative estimate of drug-likeness (QED) is 0.780. The molecule has 0 saturated carbocycles. The number of ether oxygens (including phenoxy) is 1. The SMILES string of the molecule is CCSCCOc1cc(F)ccc1C(C)O. The molecule has 0 aliphatic heterocycles. The Hall–Kier alpha value is -0.740. The molecule has 1 N–H and O–H groups in total. The van der Waals surface area contributed by atoms with Gasteiger partial charge in [-0.25, -0.2) is 4.39 Å². The average molecular weight is 244 g/mol. The molecule has 1 aromatic carbocycles. The highest BCUT2D eigenvalue weighted by Crippen LogP contribution is 2.26. The van der Waals surface area contributed by atoms with Crippen molar-refractivity contribution in [2.75, 3.05) is 18.1 Å². The van der Waals surface area contributed by atoms with Gasteiger partial charge in [0.25, 0.3) is 0 Å². The van der Waals surface area contributed by atoms with E-state index in [1.54, 1.807) is 24.8 Å². The predicted octanol–water partition coefficient (Wildman–Crippen LogP) is 3.01. The van der Waals surface area contributed by atoms with Crippen LogP contribution in [0.25, 0.3) is 0 Å². The van der Waals surface area contributed by atoms with Gasteiger partial charge in [-0.05, 0) is 24.8 Å². The third kappa shape index (κ3) is 4.02. The van der Waals surface area contributed by atoms with Gasteiger partial charge < -0.3 is 9.84 Å². The van der Waals surface area contributed by atoms with Crippen molar-refractivity contribution in [3.8, 4) is 5.75 Å². The second-order valence-electron chi connectivity index (χ2n) is 3.40. The minimum absolute atomic E-state index is 0.345. The first kappa shape index (κ1) is 13.3. The van der Waals surface area contributed by atoms with E-state index in [1.807, 2.05) is 0 Å². The van der Waals surface area contributed by atoms with Gasteiger partial charge in [-0.15, -0.1) is 0 Å². The van der Waals surface area contributed by atoms with E-state index in [9.17, 15) is 9.50 Å². The standard InChI is InChI=1S/C12H17FO2S/c1-3-16-7-6-15-12-8-10(13)4-5-11(12)9(2)14/h4-5,8-9,14H,3,6-7H2,1-2H3. The van der Waals surface area contributed by atoms with E-state index in [2.05, 4.69) is 6.92 Å². The Kier molecular flexibility index (Phi) is 5.63. The molecule has 0 heterocycles. The van der Waals surface area contributed by atoms with Crippen LogP contribution in [0.2, 0.25) is 0 Å². The summed E-state index contributed by atoms with van der Waals surface area (Å²) < 4.78 is 18.5. The van der Waals surface area contributed by atoms with Crippen molar-refractivity contribution in [2.24, 2.45) is 0 Å². The first-order valence-corrected chi connectivity index (χ1v) is 6.48. The first-order valence-electron chi connectivity index (χ1n) is 5.33. The minimum atomic E-state index is -0.644. The van der Waals surface area contributed by atoms with Crippen LogP contribution in [0.3, 0.4) is 0 Å². The van der Waals surface area contributed by atoms with Gasteiger partial charge >= 0.3 is 0 Å². The smallest absolute Gasteiger partial charge is 0.128 e. The molecule has 1 aromatic rings. The average Bonchev–Trinajstić information content (AvgIpc) is 2.24. The molecule has 0 aliphatic carbocycles. The lowest BCUT2D eigenvalue weighted by atomic mass is 10.1. The Morgan fingerprint density at radius 3 is 2.88 bits per heavy atom. The molecule has 2 nitrogen and oxygen atoms in total. The number of benzene rings is 1. The molecule has 90 valence electrons. The van der Waals surface area contributed by atoms with Crippen LogP contribution in [0.15, 0.2) is 18.2 Å². The fraction of sp³-hybridized carbons (Fsp3) is 0.500. The van der Waals surface area contributed by atoms with Crippen LogP contribution in [-0.4, -0.2) is 23.2 Å². The van der Waals surface area contributed by atoms with Crippen molar-refractivity contribution in [1.29, 1.82) is 0 Å². The zero-order valence-corrected chi connectivity index (χ0v) is 10.4. The zero-order chi connectivity index (χ0) is 12.0. The summed E-state index contributed by atoms with van der Waals surface area (Å²) in [5.74, 6) is 2.00. The van der Waals surface area contributed by atoms with Gasteiger partial charge in [0, 0.05) is 17.4 Å². The number of aliphatic hydroxyl groups is 1. The van der Waals surface area contributed by atoms with Gasteiger partial charge in [0.1, 0.15) is 11.6 Å². The second kappa shape index (κ2) is 6.76. The lowest BCUT2D eigenvalue weighted by molar-refractivity contribution is 0.192. The molecule has 0 fully saturated rings. The Balaban J connectivity index is 2.65. The normalized spacial score (nSPS) is 12.5. The van der Waals surface area contributed by atoms with Crippen LogP contribution in [0.1, 0.15) is 25.5 Å². The summed E-state index contributed by atoms with van der Waals surface area (Å²) in [4.78, 5) is 0. The van der Waals surface area contributed by atoms with E-state index in [-0.39, 0.29) is 5.82 Å². The maximum absolute atomic E-state index is 13.0. The number of thioether (sulfide) groups is 1. The van der Waals surface area contributed by atoms with Crippen LogP contribution >= 0.6 is 11.8 Å². The molecule has 0 amide bonds. The number of halogens is 1. The highest BCUT2D eigenvalue weighted by atomic mass is 32.2. The van der Waals surface area contributed by atoms with Crippen LogP contribution < -0.4 is 4.74 Å². The van der Waals surface area contributed by atoms with Crippen LogP contribution in [0.5, 0.6) is 5.75 Å². The zero-order valence-electron chi connectivity index (χ0n) is 9.57. The number of hydrogen-bond acceptors (Lipinski definition) is 3. The van der Waals surface area contributed by atoms with Gasteiger partial charge in [-0.2, -0.15) is 11.8 Å². The summed E-state index contributed by atoms with van der Waals surface area (Å²) in [5, 5.41) is 9.49. The molecule has 4 heteroatoms. The summed E-state index contributed by atoms with van der Waals surface area (Å²) in [5.41, 5.74) is 0.628. The number of rotatable bonds is 6. The van der Waals surface area contributed by atoms with E-state index >= 15 is 0 Å². The van der Waals surface area contributed by atoms with E-state index in [0.717, 1.165) is 11.5 Å². The Morgan fingerprint density at radius 1 is 1.50 bits per heavy atom. The van der Waals surface area contributed by atoms with E-state index in [4.69, 9.17) is 4.74 Å². The lowest BCUT2D eigenvalue weighted by Gasteiger charge is -2.13. The molecule has 0 bridgehead atoms. The van der Waals surface area contributed by atoms with Gasteiger partial charge in [0.05, 0.1) is 12.7 Å². The summed E-state index contributed by atoms with van der Waals surface area (Å²) >= 11 is 1.76. The molecular weight excluding hydrogens is 227 g/mol. The summed E-state index contributed by atoms with van der Waals surface area (Å²) in [7, 11) is 0. The molecule has 1 unspecified atom stereocenters. The topological polar surface area (TPSA) is 29.5 Å². The highest BCUT2D eigenvalue weighted by Gasteiger charge is 2.10. The first-order chi connectivity index (χ1) is 7.65. The van der Waals surface area contributed by atoms with E-state index in [1.165, 1.54) is 12.1 Å². The van der Waals surface area contributed by atoms with E-state index in [0.29, 0.717) is 17.9 Å². The molecule has 0 aromatic heterocycles. The molecule has 1 atom stereocenters. The summed E-state index contributed by atoms with van der Waals surface area (Å²) in [6.45, 7) is 4.25. The molecule has 0 radical (unpaired) electrons.